The minimum atomic E-state index is 0.533. The van der Waals surface area contributed by atoms with Gasteiger partial charge in [0.2, 0.25) is 0 Å². The molecule has 0 saturated heterocycles. The zero-order chi connectivity index (χ0) is 11.2. The third-order valence-electron chi connectivity index (χ3n) is 4.43. The highest BCUT2D eigenvalue weighted by Gasteiger charge is 2.46. The summed E-state index contributed by atoms with van der Waals surface area (Å²) in [5, 5.41) is 8.94. The van der Waals surface area contributed by atoms with Crippen LogP contribution in [0.25, 0.3) is 0 Å². The van der Waals surface area contributed by atoms with Crippen LogP contribution in [0.2, 0.25) is 0 Å². The molecule has 82 valence electrons. The van der Waals surface area contributed by atoms with Crippen LogP contribution in [0.5, 0.6) is 0 Å². The summed E-state index contributed by atoms with van der Waals surface area (Å²) in [6.45, 7) is 2.14. The lowest BCUT2D eigenvalue weighted by Gasteiger charge is -2.27. The molecule has 1 heteroatoms. The van der Waals surface area contributed by atoms with E-state index in [0.717, 1.165) is 0 Å². The fourth-order valence-corrected chi connectivity index (χ4v) is 3.33. The number of hydrogen-bond acceptors (Lipinski definition) is 1. The lowest BCUT2D eigenvalue weighted by molar-refractivity contribution is 0.539. The van der Waals surface area contributed by atoms with E-state index in [0.29, 0.717) is 11.8 Å². The number of hydrogen-bond donors (Lipinski definition) is 0. The predicted molar refractivity (Wildman–Crippen MR) is 64.3 cm³/mol. The minimum absolute atomic E-state index is 0.533. The van der Waals surface area contributed by atoms with Crippen molar-refractivity contribution in [2.75, 3.05) is 0 Å². The summed E-state index contributed by atoms with van der Waals surface area (Å²) in [7, 11) is 0. The van der Waals surface area contributed by atoms with Gasteiger partial charge in [-0.15, -0.1) is 0 Å². The highest BCUT2D eigenvalue weighted by molar-refractivity contribution is 5.49. The molecule has 0 amide bonds. The highest BCUT2D eigenvalue weighted by Crippen LogP contribution is 2.55. The summed E-state index contributed by atoms with van der Waals surface area (Å²) in [5.41, 5.74) is 6.26. The topological polar surface area (TPSA) is 23.8 Å². The zero-order valence-corrected chi connectivity index (χ0v) is 9.84. The van der Waals surface area contributed by atoms with Gasteiger partial charge in [-0.25, -0.2) is 0 Å². The van der Waals surface area contributed by atoms with Crippen molar-refractivity contribution < 1.29 is 0 Å². The normalized spacial score (nSPS) is 20.2. The van der Waals surface area contributed by atoms with Crippen molar-refractivity contribution in [1.82, 2.24) is 0 Å². The molecule has 16 heavy (non-hydrogen) atoms. The molecule has 3 rings (SSSR count). The number of nitriles is 1. The van der Waals surface area contributed by atoms with Gasteiger partial charge in [-0.1, -0.05) is 12.1 Å². The lowest BCUT2D eigenvalue weighted by atomic mass is 9.77. The van der Waals surface area contributed by atoms with Crippen molar-refractivity contribution in [3.8, 4) is 6.07 Å². The maximum atomic E-state index is 8.94. The van der Waals surface area contributed by atoms with Crippen LogP contribution in [0.15, 0.2) is 12.1 Å². The third kappa shape index (κ3) is 1.29. The summed E-state index contributed by atoms with van der Waals surface area (Å²) in [6, 6.07) is 6.87. The SMILES string of the molecule is Cc1ccc2c(c1CC#N)CCCC21CC1. The standard InChI is InChI=1S/C15H17N/c1-11-4-5-14-13(12(11)6-10-16)3-2-7-15(14)8-9-15/h4-5H,2-3,6-9H2,1H3. The summed E-state index contributed by atoms with van der Waals surface area (Å²) >= 11 is 0. The van der Waals surface area contributed by atoms with Gasteiger partial charge in [-0.2, -0.15) is 5.26 Å². The van der Waals surface area contributed by atoms with E-state index < -0.39 is 0 Å². The second-order valence-corrected chi connectivity index (χ2v) is 5.36. The Balaban J connectivity index is 2.16. The second kappa shape index (κ2) is 3.35. The van der Waals surface area contributed by atoms with Gasteiger partial charge in [0.05, 0.1) is 12.5 Å². The van der Waals surface area contributed by atoms with Crippen molar-refractivity contribution in [3.63, 3.8) is 0 Å². The number of nitrogens with zero attached hydrogens (tertiary/aromatic N) is 1. The molecule has 2 aliphatic carbocycles. The smallest absolute Gasteiger partial charge is 0.0669 e. The maximum absolute atomic E-state index is 8.94. The Bertz CT molecular complexity index is 475. The van der Waals surface area contributed by atoms with Crippen LogP contribution in [0.4, 0.5) is 0 Å². The Hall–Kier alpha value is -1.29. The van der Waals surface area contributed by atoms with Crippen LogP contribution in [0, 0.1) is 18.3 Å². The third-order valence-corrected chi connectivity index (χ3v) is 4.43. The molecule has 0 heterocycles. The molecule has 0 aromatic heterocycles. The molecule has 0 radical (unpaired) electrons. The van der Waals surface area contributed by atoms with Crippen LogP contribution < -0.4 is 0 Å². The molecule has 1 spiro atoms. The van der Waals surface area contributed by atoms with Gasteiger partial charge in [0.15, 0.2) is 0 Å². The van der Waals surface area contributed by atoms with Crippen LogP contribution >= 0.6 is 0 Å². The molecular weight excluding hydrogens is 194 g/mol. The Kier molecular flexibility index (Phi) is 2.07. The molecule has 0 atom stereocenters. The molecule has 0 unspecified atom stereocenters. The second-order valence-electron chi connectivity index (χ2n) is 5.36. The predicted octanol–water partition coefficient (Wildman–Crippen LogP) is 3.43. The van der Waals surface area contributed by atoms with Gasteiger partial charge in [-0.05, 0) is 66.7 Å². The lowest BCUT2D eigenvalue weighted by Crippen LogP contribution is -2.18. The Morgan fingerprint density at radius 2 is 2.12 bits per heavy atom. The molecule has 1 aromatic rings. The van der Waals surface area contributed by atoms with Crippen LogP contribution in [0.3, 0.4) is 0 Å². The number of fused-ring (bicyclic) bond motifs is 2. The first-order valence-corrected chi connectivity index (χ1v) is 6.26. The molecule has 2 aliphatic rings. The van der Waals surface area contributed by atoms with E-state index in [2.05, 4.69) is 25.1 Å². The van der Waals surface area contributed by atoms with Gasteiger partial charge >= 0.3 is 0 Å². The molecule has 0 N–H and O–H groups in total. The fraction of sp³-hybridized carbons (Fsp3) is 0.533. The molecule has 0 aliphatic heterocycles. The maximum Gasteiger partial charge on any atom is 0.0669 e. The van der Waals surface area contributed by atoms with Crippen molar-refractivity contribution in [1.29, 1.82) is 5.26 Å². The minimum Gasteiger partial charge on any atom is -0.198 e. The average Bonchev–Trinajstić information content (AvgIpc) is 3.04. The average molecular weight is 211 g/mol. The van der Waals surface area contributed by atoms with Crippen molar-refractivity contribution >= 4 is 0 Å². The van der Waals surface area contributed by atoms with Gasteiger partial charge in [0.25, 0.3) is 0 Å². The highest BCUT2D eigenvalue weighted by atomic mass is 14.5. The first kappa shape index (κ1) is 9.90. The summed E-state index contributed by atoms with van der Waals surface area (Å²) in [6.07, 6.45) is 7.20. The molecular formula is C15H17N. The Morgan fingerprint density at radius 3 is 2.81 bits per heavy atom. The van der Waals surface area contributed by atoms with Gasteiger partial charge in [0, 0.05) is 0 Å². The zero-order valence-electron chi connectivity index (χ0n) is 9.84. The van der Waals surface area contributed by atoms with E-state index in [-0.39, 0.29) is 0 Å². The van der Waals surface area contributed by atoms with E-state index in [1.165, 1.54) is 48.8 Å². The van der Waals surface area contributed by atoms with E-state index in [1.54, 1.807) is 5.56 Å². The van der Waals surface area contributed by atoms with Crippen molar-refractivity contribution in [2.24, 2.45) is 0 Å². The Labute approximate surface area is 97.1 Å². The molecule has 0 bridgehead atoms. The number of aryl methyl sites for hydroxylation is 1. The quantitative estimate of drug-likeness (QED) is 0.698. The fourth-order valence-electron chi connectivity index (χ4n) is 3.33. The van der Waals surface area contributed by atoms with Gasteiger partial charge in [-0.3, -0.25) is 0 Å². The van der Waals surface area contributed by atoms with Crippen molar-refractivity contribution in [2.45, 2.75) is 50.9 Å². The Morgan fingerprint density at radius 1 is 1.31 bits per heavy atom. The van der Waals surface area contributed by atoms with Crippen LogP contribution in [-0.4, -0.2) is 0 Å². The van der Waals surface area contributed by atoms with Gasteiger partial charge in [0.1, 0.15) is 0 Å². The van der Waals surface area contributed by atoms with E-state index in [9.17, 15) is 0 Å². The molecule has 1 fully saturated rings. The summed E-state index contributed by atoms with van der Waals surface area (Å²) in [5.74, 6) is 0. The summed E-state index contributed by atoms with van der Waals surface area (Å²) in [4.78, 5) is 0. The first-order chi connectivity index (χ1) is 7.77. The molecule has 1 saturated carbocycles. The van der Waals surface area contributed by atoms with Crippen LogP contribution in [0.1, 0.15) is 47.9 Å². The van der Waals surface area contributed by atoms with E-state index in [1.807, 2.05) is 0 Å². The number of rotatable bonds is 1. The van der Waals surface area contributed by atoms with E-state index in [4.69, 9.17) is 5.26 Å². The van der Waals surface area contributed by atoms with Gasteiger partial charge < -0.3 is 0 Å². The molecule has 1 aromatic carbocycles. The monoisotopic (exact) mass is 211 g/mol. The first-order valence-electron chi connectivity index (χ1n) is 6.26. The van der Waals surface area contributed by atoms with Crippen molar-refractivity contribution in [3.05, 3.63) is 34.4 Å². The van der Waals surface area contributed by atoms with E-state index >= 15 is 0 Å². The molecule has 1 nitrogen and oxygen atoms in total. The number of benzene rings is 1. The largest absolute Gasteiger partial charge is 0.198 e. The van der Waals surface area contributed by atoms with Crippen LogP contribution in [-0.2, 0) is 18.3 Å². The summed E-state index contributed by atoms with van der Waals surface area (Å²) < 4.78 is 0.